The summed E-state index contributed by atoms with van der Waals surface area (Å²) in [5.74, 6) is -0.869. The van der Waals surface area contributed by atoms with Gasteiger partial charge in [0.2, 0.25) is 5.91 Å². The molecule has 5 heteroatoms. The summed E-state index contributed by atoms with van der Waals surface area (Å²) < 4.78 is 0. The van der Waals surface area contributed by atoms with Crippen LogP contribution in [0.25, 0.3) is 0 Å². The minimum absolute atomic E-state index is 0.310. The van der Waals surface area contributed by atoms with Crippen LogP contribution in [0.5, 0.6) is 0 Å². The van der Waals surface area contributed by atoms with E-state index in [1.54, 1.807) is 25.1 Å². The lowest BCUT2D eigenvalue weighted by Crippen LogP contribution is -2.42. The SMILES string of the molecule is CC(NC(=O)c1cccc(CCN)c1)C(N)=O. The van der Waals surface area contributed by atoms with Crippen molar-refractivity contribution in [1.29, 1.82) is 0 Å². The summed E-state index contributed by atoms with van der Waals surface area (Å²) in [6.07, 6.45) is 0.715. The third-order valence-electron chi connectivity index (χ3n) is 2.40. The predicted molar refractivity (Wildman–Crippen MR) is 65.3 cm³/mol. The summed E-state index contributed by atoms with van der Waals surface area (Å²) in [6.45, 7) is 2.08. The highest BCUT2D eigenvalue weighted by molar-refractivity contribution is 5.97. The van der Waals surface area contributed by atoms with Crippen molar-refractivity contribution in [2.24, 2.45) is 11.5 Å². The van der Waals surface area contributed by atoms with Gasteiger partial charge in [0.25, 0.3) is 5.91 Å². The number of amides is 2. The maximum atomic E-state index is 11.8. The smallest absolute Gasteiger partial charge is 0.251 e. The third-order valence-corrected chi connectivity index (χ3v) is 2.40. The molecular formula is C12H17N3O2. The van der Waals surface area contributed by atoms with Crippen molar-refractivity contribution in [1.82, 2.24) is 5.32 Å². The molecule has 5 N–H and O–H groups in total. The fourth-order valence-corrected chi connectivity index (χ4v) is 1.39. The molecule has 1 aromatic carbocycles. The minimum Gasteiger partial charge on any atom is -0.368 e. The molecule has 0 aliphatic carbocycles. The van der Waals surface area contributed by atoms with Gasteiger partial charge in [-0.15, -0.1) is 0 Å². The summed E-state index contributed by atoms with van der Waals surface area (Å²) in [5, 5.41) is 2.52. The van der Waals surface area contributed by atoms with E-state index in [9.17, 15) is 9.59 Å². The second kappa shape index (κ2) is 6.00. The molecule has 1 atom stereocenters. The van der Waals surface area contributed by atoms with Crippen molar-refractivity contribution >= 4 is 11.8 Å². The van der Waals surface area contributed by atoms with E-state index < -0.39 is 11.9 Å². The van der Waals surface area contributed by atoms with Crippen molar-refractivity contribution in [2.45, 2.75) is 19.4 Å². The first-order valence-corrected chi connectivity index (χ1v) is 5.43. The molecule has 0 spiro atoms. The molecule has 0 radical (unpaired) electrons. The molecule has 0 heterocycles. The molecule has 17 heavy (non-hydrogen) atoms. The molecular weight excluding hydrogens is 218 g/mol. The van der Waals surface area contributed by atoms with E-state index in [0.717, 1.165) is 5.56 Å². The molecule has 5 nitrogen and oxygen atoms in total. The zero-order valence-electron chi connectivity index (χ0n) is 9.77. The second-order valence-corrected chi connectivity index (χ2v) is 3.84. The summed E-state index contributed by atoms with van der Waals surface area (Å²) in [7, 11) is 0. The lowest BCUT2D eigenvalue weighted by molar-refractivity contribution is -0.119. The van der Waals surface area contributed by atoms with Gasteiger partial charge in [-0.2, -0.15) is 0 Å². The standard InChI is InChI=1S/C12H17N3O2/c1-8(11(14)16)15-12(17)10-4-2-3-9(7-10)5-6-13/h2-4,7-8H,5-6,13H2,1H3,(H2,14,16)(H,15,17). The van der Waals surface area contributed by atoms with Gasteiger partial charge in [0, 0.05) is 5.56 Å². The molecule has 0 aliphatic rings. The van der Waals surface area contributed by atoms with E-state index in [-0.39, 0.29) is 5.91 Å². The van der Waals surface area contributed by atoms with Crippen LogP contribution in [0.1, 0.15) is 22.8 Å². The van der Waals surface area contributed by atoms with Gasteiger partial charge in [-0.25, -0.2) is 0 Å². The van der Waals surface area contributed by atoms with Crippen LogP contribution in [0, 0.1) is 0 Å². The fraction of sp³-hybridized carbons (Fsp3) is 0.333. The summed E-state index contributed by atoms with van der Waals surface area (Å²) >= 11 is 0. The Balaban J connectivity index is 2.75. The van der Waals surface area contributed by atoms with Gasteiger partial charge in [0.1, 0.15) is 6.04 Å². The van der Waals surface area contributed by atoms with Crippen molar-refractivity contribution in [3.05, 3.63) is 35.4 Å². The van der Waals surface area contributed by atoms with E-state index in [4.69, 9.17) is 11.5 Å². The zero-order valence-corrected chi connectivity index (χ0v) is 9.77. The first-order chi connectivity index (χ1) is 8.04. The van der Waals surface area contributed by atoms with Gasteiger partial charge >= 0.3 is 0 Å². The Hall–Kier alpha value is -1.88. The van der Waals surface area contributed by atoms with Crippen LogP contribution in [0.15, 0.2) is 24.3 Å². The zero-order chi connectivity index (χ0) is 12.8. The van der Waals surface area contributed by atoms with Crippen LogP contribution in [0.2, 0.25) is 0 Å². The van der Waals surface area contributed by atoms with Crippen LogP contribution < -0.4 is 16.8 Å². The highest BCUT2D eigenvalue weighted by Gasteiger charge is 2.13. The lowest BCUT2D eigenvalue weighted by Gasteiger charge is -2.10. The number of hydrogen-bond donors (Lipinski definition) is 3. The Kier molecular flexibility index (Phi) is 4.66. The quantitative estimate of drug-likeness (QED) is 0.658. The van der Waals surface area contributed by atoms with Crippen molar-refractivity contribution < 1.29 is 9.59 Å². The average molecular weight is 235 g/mol. The number of benzene rings is 1. The molecule has 2 amide bonds. The predicted octanol–water partition coefficient (Wildman–Crippen LogP) is -0.209. The van der Waals surface area contributed by atoms with E-state index in [2.05, 4.69) is 5.32 Å². The molecule has 1 unspecified atom stereocenters. The molecule has 0 aromatic heterocycles. The number of rotatable bonds is 5. The largest absolute Gasteiger partial charge is 0.368 e. The molecule has 92 valence electrons. The first kappa shape index (κ1) is 13.2. The van der Waals surface area contributed by atoms with Crippen LogP contribution >= 0.6 is 0 Å². The Labute approximate surface area is 100 Å². The fourth-order valence-electron chi connectivity index (χ4n) is 1.39. The first-order valence-electron chi connectivity index (χ1n) is 5.43. The Morgan fingerprint density at radius 1 is 1.41 bits per heavy atom. The van der Waals surface area contributed by atoms with E-state index in [1.165, 1.54) is 0 Å². The number of nitrogens with two attached hydrogens (primary N) is 2. The number of hydrogen-bond acceptors (Lipinski definition) is 3. The molecule has 0 saturated carbocycles. The maximum Gasteiger partial charge on any atom is 0.251 e. The number of carbonyl (C=O) groups excluding carboxylic acids is 2. The number of nitrogens with one attached hydrogen (secondary N) is 1. The van der Waals surface area contributed by atoms with Gasteiger partial charge in [-0.1, -0.05) is 12.1 Å². The minimum atomic E-state index is -0.680. The highest BCUT2D eigenvalue weighted by atomic mass is 16.2. The van der Waals surface area contributed by atoms with Gasteiger partial charge in [-0.3, -0.25) is 9.59 Å². The van der Waals surface area contributed by atoms with E-state index >= 15 is 0 Å². The topological polar surface area (TPSA) is 98.2 Å². The molecule has 1 aromatic rings. The van der Waals surface area contributed by atoms with Crippen molar-refractivity contribution in [2.75, 3.05) is 6.54 Å². The average Bonchev–Trinajstić information content (AvgIpc) is 2.29. The molecule has 0 saturated heterocycles. The van der Waals surface area contributed by atoms with Crippen LogP contribution in [0.4, 0.5) is 0 Å². The Bertz CT molecular complexity index is 418. The normalized spacial score (nSPS) is 11.9. The number of primary amides is 1. The van der Waals surface area contributed by atoms with Crippen molar-refractivity contribution in [3.63, 3.8) is 0 Å². The van der Waals surface area contributed by atoms with Gasteiger partial charge in [0.05, 0.1) is 0 Å². The molecule has 0 aliphatic heterocycles. The number of carbonyl (C=O) groups is 2. The van der Waals surface area contributed by atoms with Crippen LogP contribution in [-0.4, -0.2) is 24.4 Å². The van der Waals surface area contributed by atoms with Crippen LogP contribution in [0.3, 0.4) is 0 Å². The maximum absolute atomic E-state index is 11.8. The van der Waals surface area contributed by atoms with E-state index in [1.807, 2.05) is 6.07 Å². The molecule has 1 rings (SSSR count). The molecule has 0 fully saturated rings. The Morgan fingerprint density at radius 2 is 2.12 bits per heavy atom. The van der Waals surface area contributed by atoms with Gasteiger partial charge in [0.15, 0.2) is 0 Å². The Morgan fingerprint density at radius 3 is 2.71 bits per heavy atom. The summed E-state index contributed by atoms with van der Waals surface area (Å²) in [5.41, 5.74) is 12.0. The van der Waals surface area contributed by atoms with Gasteiger partial charge in [-0.05, 0) is 37.6 Å². The molecule has 0 bridgehead atoms. The monoisotopic (exact) mass is 235 g/mol. The second-order valence-electron chi connectivity index (χ2n) is 3.84. The van der Waals surface area contributed by atoms with Gasteiger partial charge < -0.3 is 16.8 Å². The van der Waals surface area contributed by atoms with Crippen LogP contribution in [-0.2, 0) is 11.2 Å². The third kappa shape index (κ3) is 3.88. The lowest BCUT2D eigenvalue weighted by atomic mass is 10.1. The summed E-state index contributed by atoms with van der Waals surface area (Å²) in [6, 6.07) is 6.45. The summed E-state index contributed by atoms with van der Waals surface area (Å²) in [4.78, 5) is 22.6. The van der Waals surface area contributed by atoms with E-state index in [0.29, 0.717) is 18.5 Å². The highest BCUT2D eigenvalue weighted by Crippen LogP contribution is 2.06. The van der Waals surface area contributed by atoms with Crippen molar-refractivity contribution in [3.8, 4) is 0 Å².